The fourth-order valence-electron chi connectivity index (χ4n) is 1.13. The Bertz CT molecular complexity index is 273. The Morgan fingerprint density at radius 3 is 2.85 bits per heavy atom. The first kappa shape index (κ1) is 10.6. The molecular formula is C9H11BrFNO. The fraction of sp³-hybridized carbons (Fsp3) is 0.333. The van der Waals surface area contributed by atoms with Gasteiger partial charge in [-0.1, -0.05) is 22.0 Å². The lowest BCUT2D eigenvalue weighted by atomic mass is 10.1. The average Bonchev–Trinajstić information content (AvgIpc) is 2.04. The molecule has 0 aliphatic carbocycles. The standard InChI is InChI=1S/C9H11BrFNO/c1-13-5-8(12)9-6(10)3-2-4-7(9)11/h2-4,8H,5,12H2,1H3/t8-/m0/s1. The topological polar surface area (TPSA) is 35.2 Å². The Morgan fingerprint density at radius 1 is 1.62 bits per heavy atom. The molecule has 0 fully saturated rings. The van der Waals surface area contributed by atoms with Crippen LogP contribution in [0.5, 0.6) is 0 Å². The minimum absolute atomic E-state index is 0.305. The number of hydrogen-bond acceptors (Lipinski definition) is 2. The van der Waals surface area contributed by atoms with Crippen molar-refractivity contribution in [2.45, 2.75) is 6.04 Å². The summed E-state index contributed by atoms with van der Waals surface area (Å²) in [6.45, 7) is 0.305. The Labute approximate surface area is 85.0 Å². The Kier molecular flexibility index (Phi) is 3.84. The second-order valence-corrected chi connectivity index (χ2v) is 3.55. The van der Waals surface area contributed by atoms with Crippen molar-refractivity contribution < 1.29 is 9.13 Å². The first-order chi connectivity index (χ1) is 6.16. The summed E-state index contributed by atoms with van der Waals surface area (Å²) in [7, 11) is 1.54. The van der Waals surface area contributed by atoms with Crippen molar-refractivity contribution in [1.29, 1.82) is 0 Å². The molecule has 0 bridgehead atoms. The fourth-order valence-corrected chi connectivity index (χ4v) is 1.76. The number of methoxy groups -OCH3 is 1. The molecule has 1 aromatic carbocycles. The summed E-state index contributed by atoms with van der Waals surface area (Å²) < 4.78 is 18.8. The molecular weight excluding hydrogens is 237 g/mol. The van der Waals surface area contributed by atoms with Crippen LogP contribution in [0.15, 0.2) is 22.7 Å². The Morgan fingerprint density at radius 2 is 2.31 bits per heavy atom. The van der Waals surface area contributed by atoms with Crippen molar-refractivity contribution in [1.82, 2.24) is 0 Å². The zero-order valence-corrected chi connectivity index (χ0v) is 8.84. The van der Waals surface area contributed by atoms with Crippen LogP contribution in [0.2, 0.25) is 0 Å². The summed E-state index contributed by atoms with van der Waals surface area (Å²) in [5.41, 5.74) is 6.17. The van der Waals surface area contributed by atoms with E-state index in [2.05, 4.69) is 15.9 Å². The highest BCUT2D eigenvalue weighted by Crippen LogP contribution is 2.24. The van der Waals surface area contributed by atoms with E-state index in [0.717, 1.165) is 0 Å². The highest BCUT2D eigenvalue weighted by atomic mass is 79.9. The van der Waals surface area contributed by atoms with Crippen LogP contribution in [-0.2, 0) is 4.74 Å². The summed E-state index contributed by atoms with van der Waals surface area (Å²) in [4.78, 5) is 0. The molecule has 4 heteroatoms. The summed E-state index contributed by atoms with van der Waals surface area (Å²) >= 11 is 3.24. The average molecular weight is 248 g/mol. The minimum Gasteiger partial charge on any atom is -0.383 e. The minimum atomic E-state index is -0.430. The predicted octanol–water partition coefficient (Wildman–Crippen LogP) is 2.23. The van der Waals surface area contributed by atoms with Gasteiger partial charge in [-0.25, -0.2) is 4.39 Å². The SMILES string of the molecule is COC[C@H](N)c1c(F)cccc1Br. The lowest BCUT2D eigenvalue weighted by Crippen LogP contribution is -2.18. The lowest BCUT2D eigenvalue weighted by Gasteiger charge is -2.13. The van der Waals surface area contributed by atoms with Crippen molar-refractivity contribution in [2.75, 3.05) is 13.7 Å². The highest BCUT2D eigenvalue weighted by Gasteiger charge is 2.13. The van der Waals surface area contributed by atoms with Crippen molar-refractivity contribution in [3.05, 3.63) is 34.1 Å². The number of halogens is 2. The van der Waals surface area contributed by atoms with Crippen LogP contribution in [0.1, 0.15) is 11.6 Å². The van der Waals surface area contributed by atoms with Crippen molar-refractivity contribution in [3.63, 3.8) is 0 Å². The number of benzene rings is 1. The molecule has 1 aromatic rings. The molecule has 0 saturated carbocycles. The van der Waals surface area contributed by atoms with Crippen molar-refractivity contribution >= 4 is 15.9 Å². The number of ether oxygens (including phenoxy) is 1. The van der Waals surface area contributed by atoms with Gasteiger partial charge in [-0.15, -0.1) is 0 Å². The molecule has 0 unspecified atom stereocenters. The first-order valence-electron chi connectivity index (χ1n) is 3.85. The van der Waals surface area contributed by atoms with Gasteiger partial charge in [-0.05, 0) is 12.1 Å². The van der Waals surface area contributed by atoms with E-state index in [4.69, 9.17) is 10.5 Å². The maximum absolute atomic E-state index is 13.3. The molecule has 2 nitrogen and oxygen atoms in total. The van der Waals surface area contributed by atoms with E-state index in [-0.39, 0.29) is 5.82 Å². The number of nitrogens with two attached hydrogens (primary N) is 1. The summed E-state index contributed by atoms with van der Waals surface area (Å²) in [5.74, 6) is -0.307. The van der Waals surface area contributed by atoms with E-state index in [1.807, 2.05) is 0 Å². The monoisotopic (exact) mass is 247 g/mol. The lowest BCUT2D eigenvalue weighted by molar-refractivity contribution is 0.179. The van der Waals surface area contributed by atoms with Crippen LogP contribution >= 0.6 is 15.9 Å². The Hall–Kier alpha value is -0.450. The summed E-state index contributed by atoms with van der Waals surface area (Å²) in [6.07, 6.45) is 0. The molecule has 0 aromatic heterocycles. The molecule has 0 aliphatic rings. The number of hydrogen-bond donors (Lipinski definition) is 1. The highest BCUT2D eigenvalue weighted by molar-refractivity contribution is 9.10. The van der Waals surface area contributed by atoms with Crippen molar-refractivity contribution in [2.24, 2.45) is 5.73 Å². The zero-order valence-electron chi connectivity index (χ0n) is 7.26. The molecule has 1 atom stereocenters. The van der Waals surface area contributed by atoms with Crippen LogP contribution in [0.25, 0.3) is 0 Å². The molecule has 72 valence electrons. The molecule has 0 spiro atoms. The van der Waals surface area contributed by atoms with Crippen LogP contribution in [0.4, 0.5) is 4.39 Å². The van der Waals surface area contributed by atoms with Crippen molar-refractivity contribution in [3.8, 4) is 0 Å². The normalized spacial score (nSPS) is 12.9. The third kappa shape index (κ3) is 2.49. The van der Waals surface area contributed by atoms with Gasteiger partial charge in [0, 0.05) is 17.1 Å². The third-order valence-corrected chi connectivity index (χ3v) is 2.41. The molecule has 1 rings (SSSR count). The van der Waals surface area contributed by atoms with Gasteiger partial charge in [0.1, 0.15) is 5.82 Å². The first-order valence-corrected chi connectivity index (χ1v) is 4.64. The van der Waals surface area contributed by atoms with E-state index in [9.17, 15) is 4.39 Å². The van der Waals surface area contributed by atoms with Crippen LogP contribution in [0, 0.1) is 5.82 Å². The van der Waals surface area contributed by atoms with Gasteiger partial charge in [0.15, 0.2) is 0 Å². The van der Waals surface area contributed by atoms with E-state index in [1.165, 1.54) is 13.2 Å². The van der Waals surface area contributed by atoms with E-state index in [0.29, 0.717) is 16.6 Å². The molecule has 0 amide bonds. The molecule has 2 N–H and O–H groups in total. The van der Waals surface area contributed by atoms with E-state index < -0.39 is 6.04 Å². The smallest absolute Gasteiger partial charge is 0.129 e. The van der Waals surface area contributed by atoms with Crippen LogP contribution in [-0.4, -0.2) is 13.7 Å². The molecule has 0 aliphatic heterocycles. The quantitative estimate of drug-likeness (QED) is 0.890. The maximum atomic E-state index is 13.3. The van der Waals surface area contributed by atoms with Crippen LogP contribution in [0.3, 0.4) is 0 Å². The maximum Gasteiger partial charge on any atom is 0.129 e. The molecule has 13 heavy (non-hydrogen) atoms. The predicted molar refractivity (Wildman–Crippen MR) is 52.9 cm³/mol. The van der Waals surface area contributed by atoms with Crippen LogP contribution < -0.4 is 5.73 Å². The Balaban J connectivity index is 2.98. The molecule has 0 heterocycles. The van der Waals surface area contributed by atoms with Gasteiger partial charge < -0.3 is 10.5 Å². The van der Waals surface area contributed by atoms with Gasteiger partial charge in [-0.3, -0.25) is 0 Å². The van der Waals surface area contributed by atoms with Gasteiger partial charge in [-0.2, -0.15) is 0 Å². The largest absolute Gasteiger partial charge is 0.383 e. The van der Waals surface area contributed by atoms with Gasteiger partial charge in [0.05, 0.1) is 12.6 Å². The molecule has 0 saturated heterocycles. The van der Waals surface area contributed by atoms with E-state index in [1.54, 1.807) is 12.1 Å². The third-order valence-electron chi connectivity index (χ3n) is 1.72. The van der Waals surface area contributed by atoms with E-state index >= 15 is 0 Å². The second kappa shape index (κ2) is 4.69. The van der Waals surface area contributed by atoms with Gasteiger partial charge in [0.25, 0.3) is 0 Å². The second-order valence-electron chi connectivity index (χ2n) is 2.70. The zero-order chi connectivity index (χ0) is 9.84. The number of rotatable bonds is 3. The summed E-state index contributed by atoms with van der Waals surface area (Å²) in [5, 5.41) is 0. The summed E-state index contributed by atoms with van der Waals surface area (Å²) in [6, 6.07) is 4.34. The van der Waals surface area contributed by atoms with Gasteiger partial charge in [0.2, 0.25) is 0 Å². The molecule has 0 radical (unpaired) electrons. The van der Waals surface area contributed by atoms with Gasteiger partial charge >= 0.3 is 0 Å².